The Kier molecular flexibility index (Phi) is 4.36. The molecule has 1 amide bonds. The van der Waals surface area contributed by atoms with Crippen LogP contribution < -0.4 is 11.1 Å². The lowest BCUT2D eigenvalue weighted by atomic mass is 9.79. The van der Waals surface area contributed by atoms with E-state index in [1.807, 2.05) is 18.2 Å². The number of nitrogens with one attached hydrogen (secondary N) is 1. The van der Waals surface area contributed by atoms with Gasteiger partial charge >= 0.3 is 0 Å². The average Bonchev–Trinajstić information content (AvgIpc) is 2.99. The van der Waals surface area contributed by atoms with Gasteiger partial charge in [-0.15, -0.1) is 0 Å². The summed E-state index contributed by atoms with van der Waals surface area (Å²) < 4.78 is 11.2. The summed E-state index contributed by atoms with van der Waals surface area (Å²) in [6, 6.07) is 5.52. The van der Waals surface area contributed by atoms with Crippen LogP contribution in [0.2, 0.25) is 0 Å². The molecule has 3 rings (SSSR count). The lowest BCUT2D eigenvalue weighted by molar-refractivity contribution is -0.130. The third kappa shape index (κ3) is 3.16. The number of nitrogens with two attached hydrogens (primary N) is 1. The molecule has 0 spiro atoms. The van der Waals surface area contributed by atoms with E-state index in [4.69, 9.17) is 14.9 Å². The first-order valence-corrected chi connectivity index (χ1v) is 8.34. The molecule has 2 aromatic rings. The number of carbonyl (C=O) groups is 1. The molecule has 24 heavy (non-hydrogen) atoms. The van der Waals surface area contributed by atoms with Crippen LogP contribution in [0, 0.1) is 5.41 Å². The quantitative estimate of drug-likeness (QED) is 0.902. The van der Waals surface area contributed by atoms with Gasteiger partial charge in [-0.3, -0.25) is 4.79 Å². The van der Waals surface area contributed by atoms with E-state index in [1.54, 1.807) is 0 Å². The number of hydrogen-bond acceptors (Lipinski definition) is 5. The highest BCUT2D eigenvalue weighted by Crippen LogP contribution is 2.32. The van der Waals surface area contributed by atoms with E-state index < -0.39 is 5.41 Å². The number of oxazole rings is 1. The van der Waals surface area contributed by atoms with Crippen molar-refractivity contribution in [2.24, 2.45) is 11.1 Å². The lowest BCUT2D eigenvalue weighted by Gasteiger charge is -2.34. The van der Waals surface area contributed by atoms with Gasteiger partial charge in [0.1, 0.15) is 5.52 Å². The molecule has 1 aliphatic heterocycles. The molecule has 1 aliphatic rings. The predicted molar refractivity (Wildman–Crippen MR) is 92.9 cm³/mol. The van der Waals surface area contributed by atoms with Crippen LogP contribution in [0.5, 0.6) is 0 Å². The molecule has 3 N–H and O–H groups in total. The van der Waals surface area contributed by atoms with Crippen LogP contribution in [0.4, 0.5) is 5.69 Å². The van der Waals surface area contributed by atoms with Gasteiger partial charge in [-0.2, -0.15) is 0 Å². The number of nitrogens with zero attached hydrogens (tertiary/aromatic N) is 1. The van der Waals surface area contributed by atoms with Gasteiger partial charge in [0.05, 0.1) is 5.41 Å². The highest BCUT2D eigenvalue weighted by Gasteiger charge is 2.38. The summed E-state index contributed by atoms with van der Waals surface area (Å²) in [5, 5.41) is 2.99. The summed E-state index contributed by atoms with van der Waals surface area (Å²) in [6.07, 6.45) is 1.30. The second kappa shape index (κ2) is 6.18. The standard InChI is InChI=1S/C18H25N3O3/c1-17(2,3)16-21-13-10-12(4-5-14(13)24-16)20-15(22)18(11-19)6-8-23-9-7-18/h4-5,10H,6-9,11,19H2,1-3H3,(H,20,22). The van der Waals surface area contributed by atoms with Crippen molar-refractivity contribution in [3.05, 3.63) is 24.1 Å². The van der Waals surface area contributed by atoms with Crippen LogP contribution in [0.1, 0.15) is 39.5 Å². The van der Waals surface area contributed by atoms with Crippen molar-refractivity contribution < 1.29 is 13.9 Å². The highest BCUT2D eigenvalue weighted by molar-refractivity contribution is 5.97. The van der Waals surface area contributed by atoms with E-state index in [9.17, 15) is 4.79 Å². The van der Waals surface area contributed by atoms with Gasteiger partial charge in [0, 0.05) is 30.9 Å². The van der Waals surface area contributed by atoms with Crippen LogP contribution >= 0.6 is 0 Å². The topological polar surface area (TPSA) is 90.4 Å². The maximum Gasteiger partial charge on any atom is 0.232 e. The maximum absolute atomic E-state index is 12.7. The van der Waals surface area contributed by atoms with Crippen molar-refractivity contribution in [1.29, 1.82) is 0 Å². The van der Waals surface area contributed by atoms with Crippen LogP contribution in [-0.2, 0) is 14.9 Å². The molecule has 1 aromatic carbocycles. The third-order valence-corrected chi connectivity index (χ3v) is 4.61. The zero-order valence-corrected chi connectivity index (χ0v) is 14.5. The number of anilines is 1. The molecular weight excluding hydrogens is 306 g/mol. The molecule has 0 aliphatic carbocycles. The molecule has 1 saturated heterocycles. The fourth-order valence-electron chi connectivity index (χ4n) is 2.88. The Morgan fingerprint density at radius 3 is 2.67 bits per heavy atom. The highest BCUT2D eigenvalue weighted by atomic mass is 16.5. The molecule has 0 saturated carbocycles. The zero-order valence-electron chi connectivity index (χ0n) is 14.5. The first-order valence-electron chi connectivity index (χ1n) is 8.34. The Morgan fingerprint density at radius 2 is 2.04 bits per heavy atom. The normalized spacial score (nSPS) is 17.8. The second-order valence-electron chi connectivity index (χ2n) is 7.50. The molecule has 0 atom stereocenters. The Labute approximate surface area is 141 Å². The van der Waals surface area contributed by atoms with E-state index in [0.29, 0.717) is 44.2 Å². The first-order chi connectivity index (χ1) is 11.3. The van der Waals surface area contributed by atoms with Crippen molar-refractivity contribution in [3.63, 3.8) is 0 Å². The SMILES string of the molecule is CC(C)(C)c1nc2cc(NC(=O)C3(CN)CCOCC3)ccc2o1. The van der Waals surface area contributed by atoms with Crippen LogP contribution in [0.15, 0.2) is 22.6 Å². The third-order valence-electron chi connectivity index (χ3n) is 4.61. The molecular formula is C18H25N3O3. The van der Waals surface area contributed by atoms with Gasteiger partial charge in [0.25, 0.3) is 0 Å². The van der Waals surface area contributed by atoms with Crippen molar-refractivity contribution in [2.75, 3.05) is 25.1 Å². The average molecular weight is 331 g/mol. The van der Waals surface area contributed by atoms with Gasteiger partial charge in [0.2, 0.25) is 11.8 Å². The van der Waals surface area contributed by atoms with Crippen LogP contribution in [0.3, 0.4) is 0 Å². The van der Waals surface area contributed by atoms with Crippen molar-refractivity contribution in [2.45, 2.75) is 39.0 Å². The number of benzene rings is 1. The number of hydrogen-bond donors (Lipinski definition) is 2. The molecule has 0 unspecified atom stereocenters. The maximum atomic E-state index is 12.7. The van der Waals surface area contributed by atoms with Crippen molar-refractivity contribution in [1.82, 2.24) is 4.98 Å². The smallest absolute Gasteiger partial charge is 0.232 e. The Bertz CT molecular complexity index is 740. The van der Waals surface area contributed by atoms with Gasteiger partial charge in [-0.1, -0.05) is 20.8 Å². The number of ether oxygens (including phenoxy) is 1. The molecule has 2 heterocycles. The van der Waals surface area contributed by atoms with E-state index >= 15 is 0 Å². The number of fused-ring (bicyclic) bond motifs is 1. The molecule has 6 nitrogen and oxygen atoms in total. The molecule has 0 bridgehead atoms. The van der Waals surface area contributed by atoms with Gasteiger partial charge in [-0.25, -0.2) is 4.98 Å². The summed E-state index contributed by atoms with van der Waals surface area (Å²) in [5.74, 6) is 0.635. The first kappa shape index (κ1) is 16.9. The molecule has 1 fully saturated rings. The van der Waals surface area contributed by atoms with Crippen LogP contribution in [0.25, 0.3) is 11.1 Å². The summed E-state index contributed by atoms with van der Waals surface area (Å²) in [6.45, 7) is 7.62. The van der Waals surface area contributed by atoms with E-state index in [-0.39, 0.29) is 11.3 Å². The molecule has 0 radical (unpaired) electrons. The Balaban J connectivity index is 1.83. The minimum absolute atomic E-state index is 0.0489. The molecule has 1 aromatic heterocycles. The van der Waals surface area contributed by atoms with Gasteiger partial charge in [0.15, 0.2) is 5.58 Å². The number of rotatable bonds is 3. The monoisotopic (exact) mass is 331 g/mol. The fraction of sp³-hybridized carbons (Fsp3) is 0.556. The number of carbonyl (C=O) groups excluding carboxylic acids is 1. The Hall–Kier alpha value is -1.92. The summed E-state index contributed by atoms with van der Waals surface area (Å²) in [5.41, 5.74) is 7.36. The Morgan fingerprint density at radius 1 is 1.33 bits per heavy atom. The second-order valence-corrected chi connectivity index (χ2v) is 7.50. The van der Waals surface area contributed by atoms with Gasteiger partial charge < -0.3 is 20.2 Å². The summed E-state index contributed by atoms with van der Waals surface area (Å²) in [7, 11) is 0. The number of amides is 1. The molecule has 130 valence electrons. The lowest BCUT2D eigenvalue weighted by Crippen LogP contribution is -2.46. The molecule has 6 heteroatoms. The summed E-state index contributed by atoms with van der Waals surface area (Å²) in [4.78, 5) is 17.3. The fourth-order valence-corrected chi connectivity index (χ4v) is 2.88. The van der Waals surface area contributed by atoms with E-state index in [1.165, 1.54) is 0 Å². The van der Waals surface area contributed by atoms with E-state index in [0.717, 1.165) is 11.1 Å². The van der Waals surface area contributed by atoms with E-state index in [2.05, 4.69) is 31.1 Å². The van der Waals surface area contributed by atoms with Gasteiger partial charge in [-0.05, 0) is 31.0 Å². The van der Waals surface area contributed by atoms with Crippen LogP contribution in [-0.4, -0.2) is 30.6 Å². The van der Waals surface area contributed by atoms with Crippen molar-refractivity contribution in [3.8, 4) is 0 Å². The van der Waals surface area contributed by atoms with Crippen molar-refractivity contribution >= 4 is 22.7 Å². The minimum atomic E-state index is -0.548. The largest absolute Gasteiger partial charge is 0.440 e. The number of aromatic nitrogens is 1. The summed E-state index contributed by atoms with van der Waals surface area (Å²) >= 11 is 0. The predicted octanol–water partition coefficient (Wildman–Crippen LogP) is 2.82. The minimum Gasteiger partial charge on any atom is -0.440 e. The zero-order chi connectivity index (χ0) is 17.4.